The van der Waals surface area contributed by atoms with E-state index in [0.29, 0.717) is 42.0 Å². The fourth-order valence-corrected chi connectivity index (χ4v) is 3.60. The Kier molecular flexibility index (Phi) is 7.97. The van der Waals surface area contributed by atoms with Gasteiger partial charge in [0.25, 0.3) is 0 Å². The summed E-state index contributed by atoms with van der Waals surface area (Å²) in [7, 11) is 0. The van der Waals surface area contributed by atoms with Gasteiger partial charge in [-0.1, -0.05) is 41.9 Å². The highest BCUT2D eigenvalue weighted by Gasteiger charge is 2.16. The molecule has 4 rings (SSSR count). The van der Waals surface area contributed by atoms with Gasteiger partial charge < -0.3 is 20.1 Å². The number of aromatic nitrogens is 3. The average molecular weight is 492 g/mol. The summed E-state index contributed by atoms with van der Waals surface area (Å²) in [4.78, 5) is 17.0. The summed E-state index contributed by atoms with van der Waals surface area (Å²) in [6.07, 6.45) is 0. The van der Waals surface area contributed by atoms with Crippen LogP contribution in [0.1, 0.15) is 12.5 Å². The second-order valence-electron chi connectivity index (χ2n) is 7.63. The standard InChI is InChI=1S/C26H26ClN5O3/c1-3-34-15-16-35-26-30-24(23-10-5-4-7-18(23)2)32(31-26)22-13-11-20(12-14-22)28-25(33)29-21-9-6-8-19(27)17-21/h4-14,17H,3,15-16H2,1-2H3,(H2,28,29,33). The van der Waals surface area contributed by atoms with E-state index in [1.165, 1.54) is 0 Å². The van der Waals surface area contributed by atoms with Gasteiger partial charge in [0.05, 0.1) is 12.3 Å². The molecule has 0 fully saturated rings. The quantitative estimate of drug-likeness (QED) is 0.282. The minimum absolute atomic E-state index is 0.269. The van der Waals surface area contributed by atoms with Crippen LogP contribution in [0.2, 0.25) is 5.02 Å². The van der Waals surface area contributed by atoms with E-state index in [1.54, 1.807) is 41.1 Å². The predicted octanol–water partition coefficient (Wildman–Crippen LogP) is 5.96. The summed E-state index contributed by atoms with van der Waals surface area (Å²) in [5.41, 5.74) is 4.02. The molecule has 180 valence electrons. The summed E-state index contributed by atoms with van der Waals surface area (Å²) >= 11 is 5.97. The molecule has 3 aromatic carbocycles. The molecule has 35 heavy (non-hydrogen) atoms. The Hall–Kier alpha value is -3.88. The SMILES string of the molecule is CCOCCOc1nc(-c2ccccc2C)n(-c2ccc(NC(=O)Nc3cccc(Cl)c3)cc2)n1. The van der Waals surface area contributed by atoms with Crippen molar-refractivity contribution < 1.29 is 14.3 Å². The molecule has 0 atom stereocenters. The number of anilines is 2. The van der Waals surface area contributed by atoms with Crippen LogP contribution >= 0.6 is 11.6 Å². The van der Waals surface area contributed by atoms with Crippen molar-refractivity contribution in [1.82, 2.24) is 14.8 Å². The van der Waals surface area contributed by atoms with Crippen molar-refractivity contribution >= 4 is 29.0 Å². The van der Waals surface area contributed by atoms with Crippen LogP contribution < -0.4 is 15.4 Å². The van der Waals surface area contributed by atoms with E-state index in [-0.39, 0.29) is 12.0 Å². The van der Waals surface area contributed by atoms with Crippen molar-refractivity contribution in [1.29, 1.82) is 0 Å². The van der Waals surface area contributed by atoms with E-state index in [1.807, 2.05) is 50.2 Å². The predicted molar refractivity (Wildman–Crippen MR) is 138 cm³/mol. The highest BCUT2D eigenvalue weighted by Crippen LogP contribution is 2.27. The molecule has 0 bridgehead atoms. The van der Waals surface area contributed by atoms with Gasteiger partial charge in [-0.25, -0.2) is 9.48 Å². The van der Waals surface area contributed by atoms with Gasteiger partial charge in [0, 0.05) is 28.6 Å². The van der Waals surface area contributed by atoms with Crippen molar-refractivity contribution in [2.75, 3.05) is 30.5 Å². The van der Waals surface area contributed by atoms with E-state index in [9.17, 15) is 4.79 Å². The second-order valence-corrected chi connectivity index (χ2v) is 8.06. The maximum absolute atomic E-state index is 12.4. The fourth-order valence-electron chi connectivity index (χ4n) is 3.41. The molecule has 0 aliphatic heterocycles. The number of amides is 2. The average Bonchev–Trinajstić information content (AvgIpc) is 3.26. The van der Waals surface area contributed by atoms with Crippen molar-refractivity contribution in [3.63, 3.8) is 0 Å². The number of nitrogens with one attached hydrogen (secondary N) is 2. The number of hydrogen-bond acceptors (Lipinski definition) is 5. The van der Waals surface area contributed by atoms with Crippen molar-refractivity contribution in [2.24, 2.45) is 0 Å². The Bertz CT molecular complexity index is 1290. The van der Waals surface area contributed by atoms with Crippen LogP contribution in [0, 0.1) is 6.92 Å². The third-order valence-electron chi connectivity index (χ3n) is 5.09. The van der Waals surface area contributed by atoms with Crippen molar-refractivity contribution in [2.45, 2.75) is 13.8 Å². The summed E-state index contributed by atoms with van der Waals surface area (Å²) in [5, 5.41) is 10.7. The summed E-state index contributed by atoms with van der Waals surface area (Å²) in [6.45, 7) is 5.40. The number of benzene rings is 3. The maximum atomic E-state index is 12.4. The molecule has 0 radical (unpaired) electrons. The molecule has 0 unspecified atom stereocenters. The first-order valence-electron chi connectivity index (χ1n) is 11.2. The number of nitrogens with zero attached hydrogens (tertiary/aromatic N) is 3. The molecular weight excluding hydrogens is 466 g/mol. The van der Waals surface area contributed by atoms with Gasteiger partial charge in [0.15, 0.2) is 5.82 Å². The molecule has 0 saturated carbocycles. The van der Waals surface area contributed by atoms with Gasteiger partial charge in [0.1, 0.15) is 6.61 Å². The minimum Gasteiger partial charge on any atom is -0.460 e. The lowest BCUT2D eigenvalue weighted by Crippen LogP contribution is -2.19. The largest absolute Gasteiger partial charge is 0.460 e. The molecular formula is C26H26ClN5O3. The van der Waals surface area contributed by atoms with Crippen LogP contribution in [0.5, 0.6) is 6.01 Å². The zero-order chi connectivity index (χ0) is 24.6. The van der Waals surface area contributed by atoms with E-state index in [4.69, 9.17) is 21.1 Å². The van der Waals surface area contributed by atoms with Crippen LogP contribution in [-0.2, 0) is 4.74 Å². The zero-order valence-electron chi connectivity index (χ0n) is 19.5. The Labute approximate surface area is 208 Å². The number of rotatable bonds is 9. The van der Waals surface area contributed by atoms with Gasteiger partial charge in [-0.05, 0) is 61.9 Å². The molecule has 0 aliphatic carbocycles. The molecule has 4 aromatic rings. The molecule has 8 nitrogen and oxygen atoms in total. The Morgan fingerprint density at radius 3 is 2.49 bits per heavy atom. The smallest absolute Gasteiger partial charge is 0.336 e. The normalized spacial score (nSPS) is 10.7. The van der Waals surface area contributed by atoms with Crippen LogP contribution in [-0.4, -0.2) is 40.6 Å². The molecule has 9 heteroatoms. The van der Waals surface area contributed by atoms with Crippen molar-refractivity contribution in [3.05, 3.63) is 83.4 Å². The lowest BCUT2D eigenvalue weighted by molar-refractivity contribution is 0.106. The van der Waals surface area contributed by atoms with Crippen LogP contribution in [0.3, 0.4) is 0 Å². The van der Waals surface area contributed by atoms with Crippen LogP contribution in [0.4, 0.5) is 16.2 Å². The maximum Gasteiger partial charge on any atom is 0.336 e. The Balaban J connectivity index is 1.53. The lowest BCUT2D eigenvalue weighted by atomic mass is 10.1. The monoisotopic (exact) mass is 491 g/mol. The Morgan fingerprint density at radius 2 is 1.74 bits per heavy atom. The second kappa shape index (κ2) is 11.5. The summed E-state index contributed by atoms with van der Waals surface area (Å²) < 4.78 is 12.8. The fraction of sp³-hybridized carbons (Fsp3) is 0.192. The first-order chi connectivity index (χ1) is 17.0. The molecule has 0 aliphatic rings. The van der Waals surface area contributed by atoms with Crippen LogP contribution in [0.25, 0.3) is 17.1 Å². The Morgan fingerprint density at radius 1 is 0.971 bits per heavy atom. The number of hydrogen-bond donors (Lipinski definition) is 2. The summed E-state index contributed by atoms with van der Waals surface area (Å²) in [5.74, 6) is 0.661. The number of halogens is 1. The molecule has 0 saturated heterocycles. The third-order valence-corrected chi connectivity index (χ3v) is 5.32. The third kappa shape index (κ3) is 6.38. The zero-order valence-corrected chi connectivity index (χ0v) is 20.2. The van der Waals surface area contributed by atoms with E-state index >= 15 is 0 Å². The molecule has 1 heterocycles. The molecule has 0 spiro atoms. The molecule has 1 aromatic heterocycles. The number of urea groups is 1. The highest BCUT2D eigenvalue weighted by atomic mass is 35.5. The lowest BCUT2D eigenvalue weighted by Gasteiger charge is -2.10. The van der Waals surface area contributed by atoms with Crippen molar-refractivity contribution in [3.8, 4) is 23.1 Å². The highest BCUT2D eigenvalue weighted by molar-refractivity contribution is 6.30. The minimum atomic E-state index is -0.369. The van der Waals surface area contributed by atoms with Gasteiger partial charge in [0.2, 0.25) is 0 Å². The van der Waals surface area contributed by atoms with Gasteiger partial charge in [-0.3, -0.25) is 0 Å². The number of carbonyl (C=O) groups excluding carboxylic acids is 1. The topological polar surface area (TPSA) is 90.3 Å². The molecule has 2 amide bonds. The van der Waals surface area contributed by atoms with Gasteiger partial charge in [-0.2, -0.15) is 4.98 Å². The van der Waals surface area contributed by atoms with Crippen LogP contribution in [0.15, 0.2) is 72.8 Å². The number of aryl methyl sites for hydroxylation is 1. The van der Waals surface area contributed by atoms with E-state index < -0.39 is 0 Å². The summed E-state index contributed by atoms with van der Waals surface area (Å²) in [6, 6.07) is 22.1. The molecule has 2 N–H and O–H groups in total. The number of ether oxygens (including phenoxy) is 2. The van der Waals surface area contributed by atoms with Gasteiger partial charge >= 0.3 is 12.0 Å². The first kappa shape index (κ1) is 24.3. The van der Waals surface area contributed by atoms with Gasteiger partial charge in [-0.15, -0.1) is 5.10 Å². The van der Waals surface area contributed by atoms with E-state index in [2.05, 4.69) is 20.7 Å². The van der Waals surface area contributed by atoms with E-state index in [0.717, 1.165) is 16.8 Å². The number of carbonyl (C=O) groups is 1. The first-order valence-corrected chi connectivity index (χ1v) is 11.6.